The van der Waals surface area contributed by atoms with Gasteiger partial charge < -0.3 is 9.80 Å². The van der Waals surface area contributed by atoms with Crippen molar-refractivity contribution in [3.05, 3.63) is 81.9 Å². The summed E-state index contributed by atoms with van der Waals surface area (Å²) in [5, 5.41) is 4.51. The van der Waals surface area contributed by atoms with Crippen LogP contribution in [-0.2, 0) is 0 Å². The Kier molecular flexibility index (Phi) is 5.78. The van der Waals surface area contributed by atoms with E-state index >= 15 is 0 Å². The van der Waals surface area contributed by atoms with Gasteiger partial charge in [-0.25, -0.2) is 9.07 Å². The molecule has 1 aliphatic heterocycles. The highest BCUT2D eigenvalue weighted by Gasteiger charge is 2.28. The van der Waals surface area contributed by atoms with Crippen LogP contribution >= 0.6 is 11.6 Å². The van der Waals surface area contributed by atoms with Crippen molar-refractivity contribution in [2.45, 2.75) is 13.8 Å². The van der Waals surface area contributed by atoms with E-state index in [2.05, 4.69) is 5.10 Å². The average Bonchev–Trinajstić information content (AvgIpc) is 3.14. The molecule has 0 saturated carbocycles. The third-order valence-corrected chi connectivity index (χ3v) is 5.91. The molecule has 1 fully saturated rings. The number of carbonyl (C=O) groups excluding carboxylic acids is 2. The lowest BCUT2D eigenvalue weighted by Crippen LogP contribution is -2.50. The molecule has 2 amide bonds. The summed E-state index contributed by atoms with van der Waals surface area (Å²) in [4.78, 5) is 29.2. The maximum atomic E-state index is 13.3. The lowest BCUT2D eigenvalue weighted by molar-refractivity contribution is 0.0535. The molecule has 31 heavy (non-hydrogen) atoms. The minimum atomic E-state index is -0.487. The van der Waals surface area contributed by atoms with E-state index in [0.29, 0.717) is 31.7 Å². The fourth-order valence-corrected chi connectivity index (χ4v) is 4.03. The van der Waals surface area contributed by atoms with E-state index in [1.165, 1.54) is 12.1 Å². The second-order valence-corrected chi connectivity index (χ2v) is 7.96. The van der Waals surface area contributed by atoms with Crippen molar-refractivity contribution < 1.29 is 14.0 Å². The van der Waals surface area contributed by atoms with Crippen LogP contribution in [0.3, 0.4) is 0 Å². The largest absolute Gasteiger partial charge is 0.335 e. The molecule has 3 aromatic rings. The summed E-state index contributed by atoms with van der Waals surface area (Å²) < 4.78 is 15.0. The molecule has 1 aromatic heterocycles. The van der Waals surface area contributed by atoms with Crippen LogP contribution in [0.25, 0.3) is 5.69 Å². The average molecular weight is 441 g/mol. The number of nitrogens with zero attached hydrogens (tertiary/aromatic N) is 4. The second kappa shape index (κ2) is 8.51. The Hall–Kier alpha value is -3.19. The zero-order chi connectivity index (χ0) is 22.1. The molecule has 1 aliphatic rings. The smallest absolute Gasteiger partial charge is 0.257 e. The Labute approximate surface area is 184 Å². The van der Waals surface area contributed by atoms with Gasteiger partial charge in [-0.3, -0.25) is 9.59 Å². The summed E-state index contributed by atoms with van der Waals surface area (Å²) in [7, 11) is 0. The molecule has 0 atom stereocenters. The van der Waals surface area contributed by atoms with Crippen molar-refractivity contribution in [2.24, 2.45) is 0 Å². The summed E-state index contributed by atoms with van der Waals surface area (Å²) in [6, 6.07) is 11.6. The van der Waals surface area contributed by atoms with Crippen molar-refractivity contribution >= 4 is 23.4 Å². The van der Waals surface area contributed by atoms with Gasteiger partial charge in [0.2, 0.25) is 0 Å². The molecule has 160 valence electrons. The van der Waals surface area contributed by atoms with Gasteiger partial charge in [0.05, 0.1) is 33.7 Å². The molecular weight excluding hydrogens is 419 g/mol. The maximum absolute atomic E-state index is 13.3. The van der Waals surface area contributed by atoms with E-state index in [1.807, 2.05) is 38.1 Å². The van der Waals surface area contributed by atoms with Crippen LogP contribution in [0.5, 0.6) is 0 Å². The number of aromatic nitrogens is 2. The summed E-state index contributed by atoms with van der Waals surface area (Å²) in [5.74, 6) is -0.858. The first-order valence-electron chi connectivity index (χ1n) is 10.0. The number of para-hydroxylation sites is 1. The van der Waals surface area contributed by atoms with Crippen molar-refractivity contribution in [3.63, 3.8) is 0 Å². The number of hydrogen-bond donors (Lipinski definition) is 0. The molecule has 8 heteroatoms. The van der Waals surface area contributed by atoms with E-state index in [4.69, 9.17) is 11.6 Å². The molecule has 0 aliphatic carbocycles. The van der Waals surface area contributed by atoms with Crippen molar-refractivity contribution in [1.82, 2.24) is 19.6 Å². The predicted molar refractivity (Wildman–Crippen MR) is 116 cm³/mol. The van der Waals surface area contributed by atoms with Crippen LogP contribution in [0.15, 0.2) is 48.7 Å². The van der Waals surface area contributed by atoms with E-state index in [9.17, 15) is 14.0 Å². The SMILES string of the molecule is Cc1ccccc1-n1ncc(C(=O)N2CCN(C(=O)c3ccc(F)cc3Cl)CC2)c1C. The van der Waals surface area contributed by atoms with Crippen LogP contribution in [0, 0.1) is 19.7 Å². The molecule has 2 aromatic carbocycles. The van der Waals surface area contributed by atoms with Crippen molar-refractivity contribution in [1.29, 1.82) is 0 Å². The zero-order valence-corrected chi connectivity index (χ0v) is 18.1. The maximum Gasteiger partial charge on any atom is 0.257 e. The van der Waals surface area contributed by atoms with Gasteiger partial charge >= 0.3 is 0 Å². The fourth-order valence-electron chi connectivity index (χ4n) is 3.78. The first-order valence-corrected chi connectivity index (χ1v) is 10.4. The van der Waals surface area contributed by atoms with Crippen LogP contribution in [0.2, 0.25) is 5.02 Å². The Balaban J connectivity index is 1.45. The highest BCUT2D eigenvalue weighted by molar-refractivity contribution is 6.33. The number of benzene rings is 2. The summed E-state index contributed by atoms with van der Waals surface area (Å²) in [5.41, 5.74) is 3.59. The molecule has 0 unspecified atom stereocenters. The predicted octanol–water partition coefficient (Wildman–Crippen LogP) is 3.88. The summed E-state index contributed by atoms with van der Waals surface area (Å²) in [6.07, 6.45) is 1.60. The first-order chi connectivity index (χ1) is 14.9. The zero-order valence-electron chi connectivity index (χ0n) is 17.3. The van der Waals surface area contributed by atoms with E-state index in [1.54, 1.807) is 20.7 Å². The van der Waals surface area contributed by atoms with Crippen molar-refractivity contribution in [3.8, 4) is 5.69 Å². The number of carbonyl (C=O) groups is 2. The minimum absolute atomic E-state index is 0.0859. The summed E-state index contributed by atoms with van der Waals surface area (Å²) in [6.45, 7) is 5.44. The van der Waals surface area contributed by atoms with E-state index in [-0.39, 0.29) is 22.4 Å². The van der Waals surface area contributed by atoms with Gasteiger partial charge in [-0.1, -0.05) is 29.8 Å². The monoisotopic (exact) mass is 440 g/mol. The highest BCUT2D eigenvalue weighted by atomic mass is 35.5. The van der Waals surface area contributed by atoms with Gasteiger partial charge in [0.25, 0.3) is 11.8 Å². The van der Waals surface area contributed by atoms with E-state index < -0.39 is 5.82 Å². The van der Waals surface area contributed by atoms with E-state index in [0.717, 1.165) is 23.0 Å². The summed E-state index contributed by atoms with van der Waals surface area (Å²) >= 11 is 6.02. The minimum Gasteiger partial charge on any atom is -0.335 e. The third-order valence-electron chi connectivity index (χ3n) is 5.60. The molecule has 2 heterocycles. The molecule has 1 saturated heterocycles. The Morgan fingerprint density at radius 3 is 2.16 bits per heavy atom. The number of piperazine rings is 1. The molecule has 0 N–H and O–H groups in total. The normalized spacial score (nSPS) is 14.1. The Morgan fingerprint density at radius 1 is 0.935 bits per heavy atom. The number of halogens is 2. The quantitative estimate of drug-likeness (QED) is 0.621. The van der Waals surface area contributed by atoms with Gasteiger partial charge in [-0.2, -0.15) is 5.10 Å². The van der Waals surface area contributed by atoms with Crippen LogP contribution in [-0.4, -0.2) is 57.6 Å². The van der Waals surface area contributed by atoms with Gasteiger partial charge in [0.1, 0.15) is 5.82 Å². The Morgan fingerprint density at radius 2 is 1.55 bits per heavy atom. The van der Waals surface area contributed by atoms with Crippen LogP contribution in [0.4, 0.5) is 4.39 Å². The number of hydrogen-bond acceptors (Lipinski definition) is 3. The molecule has 0 bridgehead atoms. The molecule has 0 radical (unpaired) electrons. The number of rotatable bonds is 3. The molecule has 0 spiro atoms. The van der Waals surface area contributed by atoms with Gasteiger partial charge in [-0.05, 0) is 43.7 Å². The van der Waals surface area contributed by atoms with Crippen LogP contribution in [0.1, 0.15) is 32.0 Å². The molecular formula is C23H22ClFN4O2. The third kappa shape index (κ3) is 4.05. The Bertz CT molecular complexity index is 1150. The lowest BCUT2D eigenvalue weighted by atomic mass is 10.1. The van der Waals surface area contributed by atoms with Gasteiger partial charge in [0.15, 0.2) is 0 Å². The standard InChI is InChI=1S/C23H22ClFN4O2/c1-15-5-3-4-6-21(15)29-16(2)19(14-26-29)23(31)28-11-9-27(10-12-28)22(30)18-8-7-17(25)13-20(18)24/h3-8,13-14H,9-12H2,1-2H3. The van der Waals surface area contributed by atoms with Crippen LogP contribution < -0.4 is 0 Å². The van der Waals surface area contributed by atoms with Gasteiger partial charge in [0, 0.05) is 26.2 Å². The van der Waals surface area contributed by atoms with Crippen molar-refractivity contribution in [2.75, 3.05) is 26.2 Å². The molecule has 6 nitrogen and oxygen atoms in total. The number of aryl methyl sites for hydroxylation is 1. The lowest BCUT2D eigenvalue weighted by Gasteiger charge is -2.35. The highest BCUT2D eigenvalue weighted by Crippen LogP contribution is 2.22. The van der Waals surface area contributed by atoms with Gasteiger partial charge in [-0.15, -0.1) is 0 Å². The number of amides is 2. The molecule has 4 rings (SSSR count). The first kappa shape index (κ1) is 21.1. The fraction of sp³-hybridized carbons (Fsp3) is 0.261. The topological polar surface area (TPSA) is 58.4 Å². The second-order valence-electron chi connectivity index (χ2n) is 7.55.